The summed E-state index contributed by atoms with van der Waals surface area (Å²) in [5, 5.41) is 2.38. The van der Waals surface area contributed by atoms with E-state index in [0.29, 0.717) is 5.75 Å². The molecule has 0 radical (unpaired) electrons. The van der Waals surface area contributed by atoms with E-state index < -0.39 is 6.72 Å². The summed E-state index contributed by atoms with van der Waals surface area (Å²) in [6.07, 6.45) is 5.78. The van der Waals surface area contributed by atoms with Crippen LogP contribution in [0, 0.1) is 11.8 Å². The van der Waals surface area contributed by atoms with E-state index >= 15 is 0 Å². The quantitative estimate of drug-likeness (QED) is 0.288. The Bertz CT molecular complexity index is 477. The second kappa shape index (κ2) is 12.4. The minimum atomic E-state index is -3.57. The zero-order chi connectivity index (χ0) is 17.7. The van der Waals surface area contributed by atoms with Gasteiger partial charge in [-0.2, -0.15) is 0 Å². The molecule has 0 aliphatic heterocycles. The lowest BCUT2D eigenvalue weighted by molar-refractivity contribution is 0.0607. The highest BCUT2D eigenvalue weighted by molar-refractivity contribution is 8.06. The standard InChI is InChI=1S/C8H17NO2.C7H9O3PS/c1-3-4-5-6-7-8(2)11-9-10;1-6-2-4-7(5-3-6)10-11(8,9)12/h8H,3-7H2,1-2H3;2-5H,1H3,(H2,8,9,12). The topological polar surface area (TPSA) is 88.4 Å². The van der Waals surface area contributed by atoms with Crippen LogP contribution < -0.4 is 4.52 Å². The second-order valence-corrected chi connectivity index (χ2v) is 7.83. The highest BCUT2D eigenvalue weighted by Crippen LogP contribution is 2.37. The average Bonchev–Trinajstić information content (AvgIpc) is 2.46. The molecular formula is C15H26NO5PS. The summed E-state index contributed by atoms with van der Waals surface area (Å²) >= 11 is 4.30. The first-order valence-electron chi connectivity index (χ1n) is 7.58. The predicted octanol–water partition coefficient (Wildman–Crippen LogP) is 4.63. The van der Waals surface area contributed by atoms with E-state index in [1.807, 2.05) is 13.8 Å². The van der Waals surface area contributed by atoms with Crippen molar-refractivity contribution in [2.45, 2.75) is 59.0 Å². The first-order valence-corrected chi connectivity index (χ1v) is 10.2. The first-order chi connectivity index (χ1) is 10.8. The Morgan fingerprint density at radius 3 is 2.30 bits per heavy atom. The van der Waals surface area contributed by atoms with Gasteiger partial charge in [-0.3, -0.25) is 0 Å². The molecule has 0 aliphatic carbocycles. The summed E-state index contributed by atoms with van der Waals surface area (Å²) in [5.74, 6) is 0.383. The lowest BCUT2D eigenvalue weighted by atomic mass is 10.1. The van der Waals surface area contributed by atoms with E-state index in [0.717, 1.165) is 18.4 Å². The van der Waals surface area contributed by atoms with Gasteiger partial charge in [0.25, 0.3) is 0 Å². The number of unbranched alkanes of at least 4 members (excludes halogenated alkanes) is 3. The number of rotatable bonds is 9. The largest absolute Gasteiger partial charge is 0.424 e. The first kappa shape index (κ1) is 22.0. The third-order valence-corrected chi connectivity index (χ3v) is 3.60. The Balaban J connectivity index is 0.000000423. The van der Waals surface area contributed by atoms with Crippen molar-refractivity contribution in [1.29, 1.82) is 0 Å². The molecule has 8 heteroatoms. The SMILES string of the molecule is CCCCCCC(C)ON=O.Cc1ccc(OP(O)(O)=S)cc1. The summed E-state index contributed by atoms with van der Waals surface area (Å²) in [6, 6.07) is 6.90. The molecule has 0 aliphatic rings. The lowest BCUT2D eigenvalue weighted by Gasteiger charge is -2.09. The van der Waals surface area contributed by atoms with Gasteiger partial charge >= 0.3 is 6.72 Å². The number of hydrogen-bond donors (Lipinski definition) is 2. The fraction of sp³-hybridized carbons (Fsp3) is 0.600. The molecule has 0 saturated carbocycles. The fourth-order valence-electron chi connectivity index (χ4n) is 1.72. The molecule has 23 heavy (non-hydrogen) atoms. The highest BCUT2D eigenvalue weighted by atomic mass is 32.5. The van der Waals surface area contributed by atoms with Gasteiger partial charge in [-0.15, -0.1) is 4.91 Å². The maximum absolute atomic E-state index is 9.63. The van der Waals surface area contributed by atoms with Gasteiger partial charge in [-0.25, -0.2) is 0 Å². The van der Waals surface area contributed by atoms with Crippen LogP contribution in [0.25, 0.3) is 0 Å². The van der Waals surface area contributed by atoms with Crippen molar-refractivity contribution < 1.29 is 19.1 Å². The second-order valence-electron chi connectivity index (χ2n) is 5.23. The van der Waals surface area contributed by atoms with Crippen LogP contribution in [0.15, 0.2) is 29.6 Å². The van der Waals surface area contributed by atoms with Crippen molar-refractivity contribution in [3.05, 3.63) is 34.7 Å². The van der Waals surface area contributed by atoms with Gasteiger partial charge in [0, 0.05) is 11.8 Å². The molecule has 0 bridgehead atoms. The number of hydrogen-bond acceptors (Lipinski definition) is 5. The van der Waals surface area contributed by atoms with Gasteiger partial charge in [0.2, 0.25) is 0 Å². The van der Waals surface area contributed by atoms with E-state index in [4.69, 9.17) is 14.3 Å². The van der Waals surface area contributed by atoms with Gasteiger partial charge < -0.3 is 19.1 Å². The van der Waals surface area contributed by atoms with Gasteiger partial charge in [0.1, 0.15) is 11.9 Å². The summed E-state index contributed by atoms with van der Waals surface area (Å²) < 4.78 is 4.69. The Morgan fingerprint density at radius 1 is 1.22 bits per heavy atom. The van der Waals surface area contributed by atoms with Crippen LogP contribution >= 0.6 is 6.72 Å². The molecule has 0 heterocycles. The molecule has 1 rings (SSSR count). The smallest absolute Gasteiger partial charge is 0.375 e. The zero-order valence-electron chi connectivity index (χ0n) is 13.8. The van der Waals surface area contributed by atoms with Crippen molar-refractivity contribution in [2.24, 2.45) is 5.34 Å². The molecule has 0 spiro atoms. The fourth-order valence-corrected chi connectivity index (χ4v) is 2.38. The van der Waals surface area contributed by atoms with Gasteiger partial charge in [-0.05, 0) is 38.8 Å². The minimum Gasteiger partial charge on any atom is -0.424 e. The molecule has 6 nitrogen and oxygen atoms in total. The summed E-state index contributed by atoms with van der Waals surface area (Å²) in [5.41, 5.74) is 1.08. The van der Waals surface area contributed by atoms with Gasteiger partial charge in [-0.1, -0.05) is 43.9 Å². The summed E-state index contributed by atoms with van der Waals surface area (Å²) in [7, 11) is 0. The number of nitrogens with zero attached hydrogens (tertiary/aromatic N) is 1. The molecule has 1 unspecified atom stereocenters. The Morgan fingerprint density at radius 2 is 1.83 bits per heavy atom. The third kappa shape index (κ3) is 14.3. The van der Waals surface area contributed by atoms with Crippen molar-refractivity contribution >= 4 is 18.5 Å². The van der Waals surface area contributed by atoms with E-state index in [-0.39, 0.29) is 6.10 Å². The molecule has 0 aromatic heterocycles. The summed E-state index contributed by atoms with van der Waals surface area (Å²) in [6.45, 7) is 2.40. The van der Waals surface area contributed by atoms with Crippen molar-refractivity contribution in [3.63, 3.8) is 0 Å². The molecular weight excluding hydrogens is 337 g/mol. The zero-order valence-corrected chi connectivity index (χ0v) is 15.6. The highest BCUT2D eigenvalue weighted by Gasteiger charge is 2.08. The van der Waals surface area contributed by atoms with Crippen LogP contribution in [0.1, 0.15) is 51.5 Å². The normalized spacial score (nSPS) is 11.9. The molecule has 0 fully saturated rings. The van der Waals surface area contributed by atoms with Crippen LogP contribution in [0.2, 0.25) is 0 Å². The lowest BCUT2D eigenvalue weighted by Crippen LogP contribution is -2.02. The van der Waals surface area contributed by atoms with Crippen molar-refractivity contribution in [3.8, 4) is 5.75 Å². The van der Waals surface area contributed by atoms with Crippen LogP contribution in [-0.4, -0.2) is 15.9 Å². The van der Waals surface area contributed by atoms with Crippen LogP contribution in [-0.2, 0) is 16.6 Å². The maximum Gasteiger partial charge on any atom is 0.375 e. The molecule has 1 aromatic carbocycles. The molecule has 2 N–H and O–H groups in total. The number of benzene rings is 1. The van der Waals surface area contributed by atoms with E-state index in [9.17, 15) is 4.91 Å². The maximum atomic E-state index is 9.63. The van der Waals surface area contributed by atoms with E-state index in [1.165, 1.54) is 19.3 Å². The Hall–Kier alpha value is -1.01. The Labute approximate surface area is 143 Å². The molecule has 132 valence electrons. The van der Waals surface area contributed by atoms with E-state index in [1.54, 1.807) is 24.3 Å². The molecule has 0 amide bonds. The number of aryl methyl sites for hydroxylation is 1. The van der Waals surface area contributed by atoms with Crippen LogP contribution in [0.3, 0.4) is 0 Å². The van der Waals surface area contributed by atoms with Crippen molar-refractivity contribution in [1.82, 2.24) is 0 Å². The Kier molecular flexibility index (Phi) is 11.9. The molecule has 1 atom stereocenters. The minimum absolute atomic E-state index is 0.00986. The molecule has 1 aromatic rings. The van der Waals surface area contributed by atoms with Crippen molar-refractivity contribution in [2.75, 3.05) is 0 Å². The average molecular weight is 363 g/mol. The van der Waals surface area contributed by atoms with Gasteiger partial charge in [0.05, 0.1) is 0 Å². The third-order valence-electron chi connectivity index (χ3n) is 2.93. The van der Waals surface area contributed by atoms with Crippen LogP contribution in [0.5, 0.6) is 5.75 Å². The summed E-state index contributed by atoms with van der Waals surface area (Å²) in [4.78, 5) is 31.7. The molecule has 0 saturated heterocycles. The predicted molar refractivity (Wildman–Crippen MR) is 95.6 cm³/mol. The van der Waals surface area contributed by atoms with Crippen LogP contribution in [0.4, 0.5) is 0 Å². The van der Waals surface area contributed by atoms with E-state index in [2.05, 4.69) is 28.9 Å². The van der Waals surface area contributed by atoms with Gasteiger partial charge in [0.15, 0.2) is 5.34 Å². The monoisotopic (exact) mass is 363 g/mol.